The summed E-state index contributed by atoms with van der Waals surface area (Å²) in [4.78, 5) is 0. The Bertz CT molecular complexity index is 62.3. The molecule has 0 aromatic heterocycles. The van der Waals surface area contributed by atoms with E-state index >= 15 is 0 Å². The Labute approximate surface area is 37.7 Å². The Morgan fingerprint density at radius 1 is 1.17 bits per heavy atom. The Balaban J connectivity index is 2.09. The molecule has 1 aliphatic heterocycles. The maximum atomic E-state index is 4.21. The number of fused-ring (bicyclic) bond motifs is 1. The van der Waals surface area contributed by atoms with E-state index < -0.39 is 0 Å². The summed E-state index contributed by atoms with van der Waals surface area (Å²) in [7, 11) is 0. The van der Waals surface area contributed by atoms with Crippen molar-refractivity contribution in [1.29, 1.82) is 0 Å². The first-order chi connectivity index (χ1) is 2.97. The van der Waals surface area contributed by atoms with Gasteiger partial charge in [0, 0.05) is 13.1 Å². The predicted molar refractivity (Wildman–Crippen MR) is 23.5 cm³/mol. The smallest absolute Gasteiger partial charge is 0.0165 e. The van der Waals surface area contributed by atoms with Crippen molar-refractivity contribution in [3.8, 4) is 0 Å². The summed E-state index contributed by atoms with van der Waals surface area (Å²) >= 11 is 0. The van der Waals surface area contributed by atoms with E-state index in [9.17, 15) is 0 Å². The van der Waals surface area contributed by atoms with Crippen molar-refractivity contribution in [3.05, 3.63) is 0 Å². The summed E-state index contributed by atoms with van der Waals surface area (Å²) in [6.45, 7) is 2.37. The molecule has 1 saturated heterocycles. The highest BCUT2D eigenvalue weighted by atomic mass is 14.9. The van der Waals surface area contributed by atoms with Gasteiger partial charge >= 0.3 is 0 Å². The Morgan fingerprint density at radius 3 is 2.00 bits per heavy atom. The van der Waals surface area contributed by atoms with Crippen LogP contribution in [0.25, 0.3) is 0 Å². The second-order valence-electron chi connectivity index (χ2n) is 2.34. The van der Waals surface area contributed by atoms with Crippen LogP contribution in [0.2, 0.25) is 0 Å². The highest BCUT2D eigenvalue weighted by Gasteiger charge is 2.41. The molecule has 2 rings (SSSR count). The van der Waals surface area contributed by atoms with E-state index in [2.05, 4.69) is 5.32 Å². The fourth-order valence-corrected chi connectivity index (χ4v) is 1.16. The Kier molecular flexibility index (Phi) is 0.396. The maximum Gasteiger partial charge on any atom is 0.0165 e. The highest BCUT2D eigenvalue weighted by molar-refractivity contribution is 4.94. The molecule has 0 aromatic rings. The zero-order valence-electron chi connectivity index (χ0n) is 3.72. The lowest BCUT2D eigenvalue weighted by Gasteiger charge is -1.83. The third-order valence-corrected chi connectivity index (χ3v) is 1.80. The van der Waals surface area contributed by atoms with E-state index in [0.717, 1.165) is 11.8 Å². The first-order valence-corrected chi connectivity index (χ1v) is 2.60. The summed E-state index contributed by atoms with van der Waals surface area (Å²) in [5, 5.41) is 4.21. The Morgan fingerprint density at radius 2 is 1.83 bits per heavy atom. The van der Waals surface area contributed by atoms with Crippen molar-refractivity contribution in [3.63, 3.8) is 0 Å². The minimum absolute atomic E-state index is 1.05. The van der Waals surface area contributed by atoms with Gasteiger partial charge in [-0.3, -0.25) is 0 Å². The average Bonchev–Trinajstić information content (AvgIpc) is 2.17. The fraction of sp³-hybridized carbons (Fsp3) is 1.00. The summed E-state index contributed by atoms with van der Waals surface area (Å²) in [6.07, 6.45) is 1.49. The molecule has 0 N–H and O–H groups in total. The van der Waals surface area contributed by atoms with Gasteiger partial charge in [-0.1, -0.05) is 0 Å². The molecule has 33 valence electrons. The fourth-order valence-electron chi connectivity index (χ4n) is 1.16. The molecule has 0 bridgehead atoms. The standard InChI is InChI=1S/C5H8N/c1-4-2-6-3-5(1)4/h4-5H,1-3H2. The van der Waals surface area contributed by atoms with Gasteiger partial charge in [0.2, 0.25) is 0 Å². The molecular weight excluding hydrogens is 74.1 g/mol. The quantitative estimate of drug-likeness (QED) is 0.397. The van der Waals surface area contributed by atoms with E-state index in [1.165, 1.54) is 19.5 Å². The topological polar surface area (TPSA) is 14.1 Å². The SMILES string of the molecule is C1[N]CC2CC12. The number of rotatable bonds is 0. The van der Waals surface area contributed by atoms with Gasteiger partial charge in [0.25, 0.3) is 0 Å². The molecule has 0 amide bonds. The molecule has 1 saturated carbocycles. The zero-order valence-corrected chi connectivity index (χ0v) is 3.72. The van der Waals surface area contributed by atoms with Crippen LogP contribution in [0.3, 0.4) is 0 Å². The van der Waals surface area contributed by atoms with Crippen molar-refractivity contribution in [2.45, 2.75) is 6.42 Å². The van der Waals surface area contributed by atoms with Crippen molar-refractivity contribution in [1.82, 2.24) is 5.32 Å². The van der Waals surface area contributed by atoms with E-state index in [1.807, 2.05) is 0 Å². The highest BCUT2D eigenvalue weighted by Crippen LogP contribution is 2.41. The Hall–Kier alpha value is -0.0400. The normalized spacial score (nSPS) is 52.0. The summed E-state index contributed by atoms with van der Waals surface area (Å²) in [5.41, 5.74) is 0. The van der Waals surface area contributed by atoms with Crippen LogP contribution < -0.4 is 5.32 Å². The van der Waals surface area contributed by atoms with Gasteiger partial charge < -0.3 is 0 Å². The maximum absolute atomic E-state index is 4.21. The summed E-state index contributed by atoms with van der Waals surface area (Å²) < 4.78 is 0. The summed E-state index contributed by atoms with van der Waals surface area (Å²) in [5.74, 6) is 2.09. The van der Waals surface area contributed by atoms with Gasteiger partial charge in [0.1, 0.15) is 0 Å². The monoisotopic (exact) mass is 82.1 g/mol. The van der Waals surface area contributed by atoms with Crippen LogP contribution in [-0.2, 0) is 0 Å². The average molecular weight is 82.1 g/mol. The van der Waals surface area contributed by atoms with Crippen LogP contribution in [0.15, 0.2) is 0 Å². The van der Waals surface area contributed by atoms with Crippen molar-refractivity contribution < 1.29 is 0 Å². The van der Waals surface area contributed by atoms with E-state index in [4.69, 9.17) is 0 Å². The molecule has 2 fully saturated rings. The summed E-state index contributed by atoms with van der Waals surface area (Å²) in [6, 6.07) is 0. The van der Waals surface area contributed by atoms with Crippen LogP contribution >= 0.6 is 0 Å². The second-order valence-corrected chi connectivity index (χ2v) is 2.34. The molecule has 1 radical (unpaired) electrons. The number of piperidine rings is 1. The van der Waals surface area contributed by atoms with Gasteiger partial charge in [-0.05, 0) is 18.3 Å². The van der Waals surface area contributed by atoms with Crippen molar-refractivity contribution in [2.75, 3.05) is 13.1 Å². The van der Waals surface area contributed by atoms with E-state index in [-0.39, 0.29) is 0 Å². The van der Waals surface area contributed by atoms with Crippen LogP contribution in [0, 0.1) is 11.8 Å². The van der Waals surface area contributed by atoms with Gasteiger partial charge in [-0.2, -0.15) is 0 Å². The molecule has 0 spiro atoms. The third-order valence-electron chi connectivity index (χ3n) is 1.80. The minimum Gasteiger partial charge on any atom is -0.241 e. The second kappa shape index (κ2) is 0.784. The molecule has 2 aliphatic rings. The lowest BCUT2D eigenvalue weighted by atomic mass is 10.4. The lowest BCUT2D eigenvalue weighted by molar-refractivity contribution is 0.717. The van der Waals surface area contributed by atoms with Crippen LogP contribution in [-0.4, -0.2) is 13.1 Å². The number of hydrogen-bond acceptors (Lipinski definition) is 0. The van der Waals surface area contributed by atoms with Crippen molar-refractivity contribution >= 4 is 0 Å². The number of hydrogen-bond donors (Lipinski definition) is 0. The molecule has 0 aromatic carbocycles. The molecule has 1 nitrogen and oxygen atoms in total. The van der Waals surface area contributed by atoms with Gasteiger partial charge in [-0.25, -0.2) is 5.32 Å². The molecule has 2 atom stereocenters. The van der Waals surface area contributed by atoms with Crippen LogP contribution in [0.5, 0.6) is 0 Å². The van der Waals surface area contributed by atoms with Gasteiger partial charge in [0.05, 0.1) is 0 Å². The molecule has 1 aliphatic carbocycles. The minimum atomic E-state index is 1.05. The van der Waals surface area contributed by atoms with E-state index in [0.29, 0.717) is 0 Å². The van der Waals surface area contributed by atoms with Crippen LogP contribution in [0.1, 0.15) is 6.42 Å². The molecular formula is C5H8N. The largest absolute Gasteiger partial charge is 0.241 e. The van der Waals surface area contributed by atoms with Gasteiger partial charge in [0.15, 0.2) is 0 Å². The van der Waals surface area contributed by atoms with Crippen LogP contribution in [0.4, 0.5) is 0 Å². The first-order valence-electron chi connectivity index (χ1n) is 2.60. The lowest BCUT2D eigenvalue weighted by Crippen LogP contribution is -2.00. The molecule has 1 heteroatoms. The molecule has 1 heterocycles. The number of nitrogens with zero attached hydrogens (tertiary/aromatic N) is 1. The van der Waals surface area contributed by atoms with E-state index in [1.54, 1.807) is 0 Å². The first kappa shape index (κ1) is 3.03. The van der Waals surface area contributed by atoms with Gasteiger partial charge in [-0.15, -0.1) is 0 Å². The molecule has 2 unspecified atom stereocenters. The predicted octanol–water partition coefficient (Wildman–Crippen LogP) is 0.240. The molecule has 6 heavy (non-hydrogen) atoms. The zero-order chi connectivity index (χ0) is 3.98. The third kappa shape index (κ3) is 0.243. The van der Waals surface area contributed by atoms with Crippen molar-refractivity contribution in [2.24, 2.45) is 11.8 Å².